The van der Waals surface area contributed by atoms with Crippen LogP contribution in [0.25, 0.3) is 0 Å². The number of hydrogen-bond acceptors (Lipinski definition) is 6. The van der Waals surface area contributed by atoms with E-state index in [1.54, 1.807) is 0 Å². The Kier molecular flexibility index (Phi) is 13.9. The summed E-state index contributed by atoms with van der Waals surface area (Å²) in [5.41, 5.74) is 0.0929. The third-order valence-electron chi connectivity index (χ3n) is 3.66. The van der Waals surface area contributed by atoms with E-state index in [0.29, 0.717) is 5.75 Å². The van der Waals surface area contributed by atoms with Gasteiger partial charge in [-0.05, 0) is 74.9 Å². The van der Waals surface area contributed by atoms with Gasteiger partial charge in [0.05, 0.1) is 0 Å². The Hall–Kier alpha value is 1.43. The van der Waals surface area contributed by atoms with Crippen molar-refractivity contribution in [2.24, 2.45) is 0 Å². The zero-order chi connectivity index (χ0) is 20.2. The Morgan fingerprint density at radius 2 is 1.59 bits per heavy atom. The van der Waals surface area contributed by atoms with E-state index < -0.39 is 40.8 Å². The van der Waals surface area contributed by atoms with Gasteiger partial charge in [0.25, 0.3) is 10.1 Å². The van der Waals surface area contributed by atoms with Crippen molar-refractivity contribution in [1.29, 1.82) is 0 Å². The van der Waals surface area contributed by atoms with Crippen molar-refractivity contribution in [1.82, 2.24) is 0 Å². The minimum absolute atomic E-state index is 0. The Morgan fingerprint density at radius 3 is 2.10 bits per heavy atom. The molecular weight excluding hydrogens is 483 g/mol. The first-order valence-corrected chi connectivity index (χ1v) is 10.8. The maximum Gasteiger partial charge on any atom is 1.00 e. The average Bonchev–Trinajstić information content (AvgIpc) is 2.54. The van der Waals surface area contributed by atoms with Gasteiger partial charge in [0.1, 0.15) is 28.1 Å². The maximum absolute atomic E-state index is 13.9. The molecule has 1 unspecified atom stereocenters. The smallest absolute Gasteiger partial charge is 0.810 e. The molecule has 29 heavy (non-hydrogen) atoms. The molecule has 7 nitrogen and oxygen atoms in total. The third-order valence-corrected chi connectivity index (χ3v) is 7.12. The van der Waals surface area contributed by atoms with Crippen LogP contribution < -0.4 is 117 Å². The molecule has 2 rings (SSSR count). The van der Waals surface area contributed by atoms with Gasteiger partial charge < -0.3 is 19.1 Å². The van der Waals surface area contributed by atoms with Crippen LogP contribution in [-0.2, 0) is 21.1 Å². The number of ether oxygens (including phenoxy) is 1. The number of benzene rings is 2. The molecule has 0 fully saturated rings. The molecule has 0 heterocycles. The molecular formula is C16H15F2K2O7PS. The topological polar surface area (TPSA) is 127 Å². The quantitative estimate of drug-likeness (QED) is 0.225. The van der Waals surface area contributed by atoms with Crippen LogP contribution in [0.3, 0.4) is 0 Å². The van der Waals surface area contributed by atoms with Crippen molar-refractivity contribution in [3.05, 3.63) is 59.7 Å². The van der Waals surface area contributed by atoms with E-state index in [9.17, 15) is 31.6 Å². The summed E-state index contributed by atoms with van der Waals surface area (Å²) in [5.74, 6) is -0.566. The zero-order valence-electron chi connectivity index (χ0n) is 15.7. The van der Waals surface area contributed by atoms with Crippen LogP contribution in [0.2, 0.25) is 0 Å². The van der Waals surface area contributed by atoms with E-state index in [1.165, 1.54) is 36.4 Å². The van der Waals surface area contributed by atoms with Crippen LogP contribution in [0.15, 0.2) is 42.5 Å². The van der Waals surface area contributed by atoms with Crippen LogP contribution in [0.4, 0.5) is 8.78 Å². The molecule has 0 spiro atoms. The van der Waals surface area contributed by atoms with Gasteiger partial charge in [0.15, 0.2) is 0 Å². The van der Waals surface area contributed by atoms with Crippen LogP contribution in [0, 0.1) is 11.6 Å². The van der Waals surface area contributed by atoms with Crippen molar-refractivity contribution in [2.45, 2.75) is 24.3 Å². The van der Waals surface area contributed by atoms with Crippen LogP contribution in [0.1, 0.15) is 18.4 Å². The van der Waals surface area contributed by atoms with Gasteiger partial charge in [-0.3, -0.25) is 4.55 Å². The van der Waals surface area contributed by atoms with Gasteiger partial charge in [0, 0.05) is 0 Å². The second-order valence-electron chi connectivity index (χ2n) is 5.71. The summed E-state index contributed by atoms with van der Waals surface area (Å²) in [6.45, 7) is 0. The number of rotatable bonds is 8. The fourth-order valence-electron chi connectivity index (χ4n) is 2.38. The first-order chi connectivity index (χ1) is 12.5. The van der Waals surface area contributed by atoms with Gasteiger partial charge in [-0.15, -0.1) is 0 Å². The maximum atomic E-state index is 13.9. The van der Waals surface area contributed by atoms with Crippen molar-refractivity contribution < 1.29 is 144 Å². The minimum atomic E-state index is -5.58. The summed E-state index contributed by atoms with van der Waals surface area (Å²) >= 11 is 0. The molecule has 1 N–H and O–H groups in total. The second kappa shape index (κ2) is 13.2. The van der Waals surface area contributed by atoms with Crippen molar-refractivity contribution in [3.8, 4) is 11.5 Å². The summed E-state index contributed by atoms with van der Waals surface area (Å²) in [4.78, 5) is 19.5. The Labute approximate surface area is 252 Å². The first-order valence-electron chi connectivity index (χ1n) is 7.66. The standard InChI is InChI=1S/C16H17F2O7PS.2K/c17-12-4-6-13(7-5-12)25-14-8-9-15(18)11(10-14)2-1-3-16(26(19,20)21)27(22,23)24;;/h4-10,16H,1-3H2,(H2,19,20,21)(H,22,23,24);;/q;2*+1/p-2. The van der Waals surface area contributed by atoms with E-state index in [4.69, 9.17) is 9.29 Å². The molecule has 2 aromatic rings. The molecule has 0 amide bonds. The summed E-state index contributed by atoms with van der Waals surface area (Å²) in [5, 5.41) is 0. The van der Waals surface area contributed by atoms with Crippen LogP contribution in [0.5, 0.6) is 11.5 Å². The summed E-state index contributed by atoms with van der Waals surface area (Å²) in [6, 6.07) is 8.84. The van der Waals surface area contributed by atoms with Gasteiger partial charge in [0.2, 0.25) is 0 Å². The molecule has 0 aromatic heterocycles. The predicted octanol–water partition coefficient (Wildman–Crippen LogP) is -3.78. The average molecular weight is 499 g/mol. The largest absolute Gasteiger partial charge is 1.00 e. The van der Waals surface area contributed by atoms with Gasteiger partial charge in [-0.25, -0.2) is 8.78 Å². The zero-order valence-corrected chi connectivity index (χ0v) is 23.7. The molecule has 0 aliphatic rings. The van der Waals surface area contributed by atoms with Crippen LogP contribution in [-0.4, -0.2) is 18.0 Å². The Balaban J connectivity index is 0.00000392. The SMILES string of the molecule is O=P([O-])([O-])C(CCCc1cc(Oc2ccc(F)cc2)ccc1F)S(=O)(=O)O.[K+].[K+]. The fraction of sp³-hybridized carbons (Fsp3) is 0.250. The van der Waals surface area contributed by atoms with E-state index in [-0.39, 0.29) is 127 Å². The van der Waals surface area contributed by atoms with Crippen LogP contribution >= 0.6 is 7.60 Å². The predicted molar refractivity (Wildman–Crippen MR) is 88.8 cm³/mol. The van der Waals surface area contributed by atoms with E-state index in [2.05, 4.69) is 0 Å². The van der Waals surface area contributed by atoms with Crippen molar-refractivity contribution in [3.63, 3.8) is 0 Å². The van der Waals surface area contributed by atoms with E-state index in [0.717, 1.165) is 6.07 Å². The third kappa shape index (κ3) is 10.3. The van der Waals surface area contributed by atoms with Crippen molar-refractivity contribution >= 4 is 17.7 Å². The van der Waals surface area contributed by atoms with Gasteiger partial charge in [-0.1, -0.05) is 0 Å². The van der Waals surface area contributed by atoms with Gasteiger partial charge >= 0.3 is 103 Å². The molecule has 0 aliphatic carbocycles. The Morgan fingerprint density at radius 1 is 1.03 bits per heavy atom. The van der Waals surface area contributed by atoms with Crippen molar-refractivity contribution in [2.75, 3.05) is 0 Å². The number of aryl methyl sites for hydroxylation is 1. The summed E-state index contributed by atoms with van der Waals surface area (Å²) in [6.07, 6.45) is -0.958. The van der Waals surface area contributed by atoms with E-state index in [1.807, 2.05) is 0 Å². The first kappa shape index (κ1) is 30.4. The molecule has 1 atom stereocenters. The molecule has 148 valence electrons. The molecule has 0 bridgehead atoms. The summed E-state index contributed by atoms with van der Waals surface area (Å²) < 4.78 is 74.2. The normalized spacial score (nSPS) is 12.4. The fourth-order valence-corrected chi connectivity index (χ4v) is 4.65. The van der Waals surface area contributed by atoms with Gasteiger partial charge in [-0.2, -0.15) is 8.42 Å². The summed E-state index contributed by atoms with van der Waals surface area (Å²) in [7, 11) is -10.7. The second-order valence-corrected chi connectivity index (χ2v) is 9.36. The number of hydrogen-bond donors (Lipinski definition) is 1. The minimum Gasteiger partial charge on any atom is -0.810 e. The monoisotopic (exact) mass is 498 g/mol. The molecule has 0 radical (unpaired) electrons. The molecule has 0 saturated carbocycles. The van der Waals surface area contributed by atoms with E-state index >= 15 is 0 Å². The molecule has 2 aromatic carbocycles. The molecule has 13 heteroatoms. The number of halogens is 2. The molecule has 0 aliphatic heterocycles. The Bertz CT molecular complexity index is 952. The molecule has 0 saturated heterocycles.